The number of hydrogen-bond donors (Lipinski definition) is 1. The molecule has 2 atom stereocenters. The molecule has 1 aromatic heterocycles. The number of nitrogens with zero attached hydrogens (tertiary/aromatic N) is 3. The molecule has 1 N–H and O–H groups in total. The van der Waals surface area contributed by atoms with Gasteiger partial charge in [-0.05, 0) is 45.7 Å². The fraction of sp³-hybridized carbons (Fsp3) is 0.520. The molecule has 1 aromatic carbocycles. The lowest BCUT2D eigenvalue weighted by molar-refractivity contribution is -0.148. The summed E-state index contributed by atoms with van der Waals surface area (Å²) < 4.78 is 93.0. The van der Waals surface area contributed by atoms with Crippen molar-refractivity contribution in [2.45, 2.75) is 70.9 Å². The third-order valence-electron chi connectivity index (χ3n) is 6.08. The number of fused-ring (bicyclic) bond motifs is 1. The lowest BCUT2D eigenvalue weighted by atomic mass is 10.0. The predicted molar refractivity (Wildman–Crippen MR) is 126 cm³/mol. The molecule has 0 spiro atoms. The molecule has 0 fully saturated rings. The van der Waals surface area contributed by atoms with Crippen molar-refractivity contribution in [3.05, 3.63) is 52.4 Å². The van der Waals surface area contributed by atoms with E-state index in [1.807, 2.05) is 0 Å². The number of alkyl carbamates (subject to hydrolysis) is 1. The molecular formula is C25H28F6N4O5. The lowest BCUT2D eigenvalue weighted by Crippen LogP contribution is -2.47. The summed E-state index contributed by atoms with van der Waals surface area (Å²) in [4.78, 5) is 42.7. The Hall–Kier alpha value is -3.78. The number of ether oxygens (including phenoxy) is 2. The smallest absolute Gasteiger partial charge is 0.449 e. The summed E-state index contributed by atoms with van der Waals surface area (Å²) in [5, 5.41) is 2.42. The summed E-state index contributed by atoms with van der Waals surface area (Å²) in [5.74, 6) is -7.01. The molecule has 2 aromatic rings. The molecule has 2 heterocycles. The second-order valence-corrected chi connectivity index (χ2v) is 10.2. The second-order valence-electron chi connectivity index (χ2n) is 10.2. The Kier molecular flexibility index (Phi) is 8.74. The summed E-state index contributed by atoms with van der Waals surface area (Å²) in [5.41, 5.74) is -2.07. The van der Waals surface area contributed by atoms with E-state index in [0.717, 1.165) is 11.7 Å². The normalized spacial score (nSPS) is 16.3. The van der Waals surface area contributed by atoms with Gasteiger partial charge in [-0.3, -0.25) is 4.79 Å². The number of carbonyl (C=O) groups is 3. The van der Waals surface area contributed by atoms with Crippen LogP contribution in [0.3, 0.4) is 0 Å². The van der Waals surface area contributed by atoms with Crippen LogP contribution in [0.1, 0.15) is 67.7 Å². The van der Waals surface area contributed by atoms with E-state index in [-0.39, 0.29) is 24.3 Å². The van der Waals surface area contributed by atoms with Crippen LogP contribution in [0.25, 0.3) is 0 Å². The maximum atomic E-state index is 14.4. The van der Waals surface area contributed by atoms with Crippen LogP contribution in [-0.4, -0.2) is 57.7 Å². The van der Waals surface area contributed by atoms with E-state index in [1.165, 1.54) is 11.8 Å². The van der Waals surface area contributed by atoms with E-state index in [9.17, 15) is 40.7 Å². The summed E-state index contributed by atoms with van der Waals surface area (Å²) in [6, 6.07) is -1.34. The molecule has 220 valence electrons. The molecule has 3 rings (SSSR count). The van der Waals surface area contributed by atoms with Gasteiger partial charge in [-0.15, -0.1) is 0 Å². The van der Waals surface area contributed by atoms with Crippen LogP contribution in [0.2, 0.25) is 0 Å². The van der Waals surface area contributed by atoms with Gasteiger partial charge in [0.05, 0.1) is 18.8 Å². The van der Waals surface area contributed by atoms with E-state index in [0.29, 0.717) is 12.1 Å². The fourth-order valence-electron chi connectivity index (χ4n) is 4.43. The summed E-state index contributed by atoms with van der Waals surface area (Å²) in [6.45, 7) is 5.55. The zero-order valence-electron chi connectivity index (χ0n) is 22.3. The minimum atomic E-state index is -4.89. The van der Waals surface area contributed by atoms with Gasteiger partial charge < -0.3 is 24.3 Å². The monoisotopic (exact) mass is 578 g/mol. The van der Waals surface area contributed by atoms with Gasteiger partial charge in [0.15, 0.2) is 17.3 Å². The van der Waals surface area contributed by atoms with E-state index in [4.69, 9.17) is 4.74 Å². The highest BCUT2D eigenvalue weighted by molar-refractivity contribution is 5.89. The van der Waals surface area contributed by atoms with Crippen molar-refractivity contribution in [3.63, 3.8) is 0 Å². The number of halogens is 6. The van der Waals surface area contributed by atoms with Gasteiger partial charge in [-0.1, -0.05) is 0 Å². The van der Waals surface area contributed by atoms with Gasteiger partial charge in [0.25, 0.3) is 0 Å². The van der Waals surface area contributed by atoms with Crippen molar-refractivity contribution in [1.82, 2.24) is 19.8 Å². The Bertz CT molecular complexity index is 1300. The Labute approximate surface area is 225 Å². The molecule has 0 saturated heterocycles. The molecule has 0 radical (unpaired) electrons. The number of nitrogens with one attached hydrogen (secondary N) is 1. The fourth-order valence-corrected chi connectivity index (χ4v) is 4.43. The van der Waals surface area contributed by atoms with Crippen molar-refractivity contribution in [2.75, 3.05) is 13.7 Å². The largest absolute Gasteiger partial charge is 0.464 e. The first kappa shape index (κ1) is 30.8. The number of methoxy groups -OCH3 is 1. The van der Waals surface area contributed by atoms with Crippen LogP contribution in [0.4, 0.5) is 31.1 Å². The molecule has 1 aliphatic rings. The molecule has 9 nitrogen and oxygen atoms in total. The highest BCUT2D eigenvalue weighted by Gasteiger charge is 2.44. The number of benzene rings is 1. The standard InChI is InChI=1S/C25H28F6N4O5/c1-12-20-19(21(37)39-5)33-22(25(29,30)31)35(20)7-6-34(12)18(36)10-14(32-23(38)40-24(2,3)4)8-13-9-16(27)17(28)11-15(13)26/h9,11-12,14H,6-8,10H2,1-5H3,(H,32,38)/t12?,14-/m1/s1. The number of aromatic nitrogens is 2. The Balaban J connectivity index is 1.91. The number of hydrogen-bond acceptors (Lipinski definition) is 6. The number of imidazole rings is 1. The molecule has 2 amide bonds. The van der Waals surface area contributed by atoms with Crippen molar-refractivity contribution in [1.29, 1.82) is 0 Å². The van der Waals surface area contributed by atoms with Gasteiger partial charge >= 0.3 is 18.2 Å². The van der Waals surface area contributed by atoms with Gasteiger partial charge in [0.2, 0.25) is 11.7 Å². The van der Waals surface area contributed by atoms with Crippen LogP contribution in [0, 0.1) is 17.5 Å². The van der Waals surface area contributed by atoms with Crippen molar-refractivity contribution < 1.29 is 50.2 Å². The first-order valence-corrected chi connectivity index (χ1v) is 12.1. The Morgan fingerprint density at radius 3 is 2.27 bits per heavy atom. The van der Waals surface area contributed by atoms with Crippen molar-refractivity contribution in [2.24, 2.45) is 0 Å². The van der Waals surface area contributed by atoms with E-state index >= 15 is 0 Å². The van der Waals surface area contributed by atoms with Crippen LogP contribution >= 0.6 is 0 Å². The Morgan fingerprint density at radius 2 is 1.70 bits per heavy atom. The summed E-state index contributed by atoms with van der Waals surface area (Å²) >= 11 is 0. The number of esters is 1. The van der Waals surface area contributed by atoms with Crippen LogP contribution in [0.15, 0.2) is 12.1 Å². The quantitative estimate of drug-likeness (QED) is 0.307. The molecule has 0 saturated carbocycles. The number of carbonyl (C=O) groups excluding carboxylic acids is 3. The van der Waals surface area contributed by atoms with Gasteiger partial charge in [0.1, 0.15) is 11.4 Å². The molecule has 15 heteroatoms. The highest BCUT2D eigenvalue weighted by Crippen LogP contribution is 2.37. The van der Waals surface area contributed by atoms with E-state index < -0.39 is 83.6 Å². The molecule has 0 bridgehead atoms. The second kappa shape index (κ2) is 11.4. The molecule has 0 aliphatic carbocycles. The van der Waals surface area contributed by atoms with Crippen LogP contribution in [0.5, 0.6) is 0 Å². The van der Waals surface area contributed by atoms with Gasteiger partial charge in [-0.2, -0.15) is 13.2 Å². The van der Waals surface area contributed by atoms with Gasteiger partial charge in [0, 0.05) is 31.6 Å². The molecular weight excluding hydrogens is 550 g/mol. The number of alkyl halides is 3. The summed E-state index contributed by atoms with van der Waals surface area (Å²) in [7, 11) is 0.974. The summed E-state index contributed by atoms with van der Waals surface area (Å²) in [6.07, 6.45) is -6.82. The minimum absolute atomic E-state index is 0.193. The van der Waals surface area contributed by atoms with Crippen LogP contribution < -0.4 is 5.32 Å². The lowest BCUT2D eigenvalue weighted by Gasteiger charge is -2.36. The third-order valence-corrected chi connectivity index (χ3v) is 6.08. The third kappa shape index (κ3) is 6.86. The maximum absolute atomic E-state index is 14.4. The van der Waals surface area contributed by atoms with E-state index in [2.05, 4.69) is 15.0 Å². The van der Waals surface area contributed by atoms with Crippen molar-refractivity contribution >= 4 is 18.0 Å². The zero-order valence-corrected chi connectivity index (χ0v) is 22.3. The molecule has 40 heavy (non-hydrogen) atoms. The van der Waals surface area contributed by atoms with Crippen LogP contribution in [-0.2, 0) is 33.4 Å². The first-order chi connectivity index (χ1) is 18.4. The Morgan fingerprint density at radius 1 is 1.07 bits per heavy atom. The average molecular weight is 579 g/mol. The topological polar surface area (TPSA) is 103 Å². The zero-order chi connectivity index (χ0) is 30.2. The predicted octanol–water partition coefficient (Wildman–Crippen LogP) is 4.54. The maximum Gasteiger partial charge on any atom is 0.449 e. The number of rotatable bonds is 6. The SMILES string of the molecule is COC(=O)c1nc(C(F)(F)F)n2c1C(C)N(C(=O)C[C@@H](Cc1cc(F)c(F)cc1F)NC(=O)OC(C)(C)C)CC2. The molecule has 1 aliphatic heterocycles. The van der Waals surface area contributed by atoms with Gasteiger partial charge in [-0.25, -0.2) is 27.7 Å². The highest BCUT2D eigenvalue weighted by atomic mass is 19.4. The number of amides is 2. The average Bonchev–Trinajstić information content (AvgIpc) is 3.22. The molecule has 1 unspecified atom stereocenters. The van der Waals surface area contributed by atoms with Crippen molar-refractivity contribution in [3.8, 4) is 0 Å². The van der Waals surface area contributed by atoms with E-state index in [1.54, 1.807) is 20.8 Å². The minimum Gasteiger partial charge on any atom is -0.464 e. The first-order valence-electron chi connectivity index (χ1n) is 12.1.